The maximum atomic E-state index is 9.14. The molecule has 0 aliphatic carbocycles. The van der Waals surface area contributed by atoms with Crippen LogP contribution in [0.25, 0.3) is 0 Å². The predicted molar refractivity (Wildman–Crippen MR) is 73.0 cm³/mol. The van der Waals surface area contributed by atoms with Gasteiger partial charge >= 0.3 is 0 Å². The van der Waals surface area contributed by atoms with Crippen LogP contribution in [0.2, 0.25) is 0 Å². The van der Waals surface area contributed by atoms with Gasteiger partial charge in [-0.1, -0.05) is 22.9 Å². The maximum absolute atomic E-state index is 9.14. The van der Waals surface area contributed by atoms with Crippen LogP contribution in [-0.4, -0.2) is 24.1 Å². The van der Waals surface area contributed by atoms with Crippen LogP contribution in [0.5, 0.6) is 0 Å². The molecule has 0 saturated carbocycles. The average molecular weight is 297 g/mol. The first-order chi connectivity index (χ1) is 7.70. The van der Waals surface area contributed by atoms with E-state index in [1.165, 1.54) is 0 Å². The third-order valence-electron chi connectivity index (χ3n) is 2.66. The summed E-state index contributed by atoms with van der Waals surface area (Å²) in [4.78, 5) is 2.31. The zero-order valence-electron chi connectivity index (χ0n) is 9.11. The van der Waals surface area contributed by atoms with Crippen molar-refractivity contribution in [3.8, 4) is 6.07 Å². The summed E-state index contributed by atoms with van der Waals surface area (Å²) in [6, 6.07) is 8.20. The quantitative estimate of drug-likeness (QED) is 0.796. The van der Waals surface area contributed by atoms with E-state index in [1.54, 1.807) is 0 Å². The number of benzene rings is 1. The second-order valence-corrected chi connectivity index (χ2v) is 6.36. The molecule has 1 aliphatic heterocycles. The van der Waals surface area contributed by atoms with Gasteiger partial charge in [0, 0.05) is 28.6 Å². The molecular weight excluding hydrogens is 284 g/mol. The number of nitrogens with zero attached hydrogens (tertiary/aromatic N) is 2. The molecule has 0 radical (unpaired) electrons. The molecule has 84 valence electrons. The van der Waals surface area contributed by atoms with E-state index in [4.69, 9.17) is 5.26 Å². The molecule has 1 unspecified atom stereocenters. The molecule has 2 nitrogen and oxygen atoms in total. The number of halogens is 1. The van der Waals surface area contributed by atoms with Crippen LogP contribution in [0.1, 0.15) is 12.5 Å². The highest BCUT2D eigenvalue weighted by molar-refractivity contribution is 9.10. The molecule has 1 atom stereocenters. The summed E-state index contributed by atoms with van der Waals surface area (Å²) in [6.45, 7) is 4.30. The van der Waals surface area contributed by atoms with Crippen molar-refractivity contribution in [1.29, 1.82) is 5.26 Å². The second kappa shape index (κ2) is 5.11. The highest BCUT2D eigenvalue weighted by atomic mass is 79.9. The van der Waals surface area contributed by atoms with Crippen molar-refractivity contribution >= 4 is 33.4 Å². The van der Waals surface area contributed by atoms with Gasteiger partial charge in [0.05, 0.1) is 11.3 Å². The molecule has 0 aromatic heterocycles. The Balaban J connectivity index is 2.29. The van der Waals surface area contributed by atoms with Crippen LogP contribution in [0.4, 0.5) is 5.69 Å². The van der Waals surface area contributed by atoms with E-state index in [2.05, 4.69) is 33.8 Å². The van der Waals surface area contributed by atoms with E-state index >= 15 is 0 Å². The van der Waals surface area contributed by atoms with Gasteiger partial charge in [0.1, 0.15) is 6.07 Å². The van der Waals surface area contributed by atoms with Crippen molar-refractivity contribution in [2.75, 3.05) is 23.7 Å². The molecule has 4 heteroatoms. The number of nitriles is 1. The number of anilines is 1. The Labute approximate surface area is 109 Å². The van der Waals surface area contributed by atoms with Crippen molar-refractivity contribution in [2.24, 2.45) is 0 Å². The van der Waals surface area contributed by atoms with E-state index < -0.39 is 0 Å². The van der Waals surface area contributed by atoms with E-state index in [0.717, 1.165) is 34.6 Å². The maximum Gasteiger partial charge on any atom is 0.101 e. The molecule has 0 bridgehead atoms. The van der Waals surface area contributed by atoms with Gasteiger partial charge in [0.15, 0.2) is 0 Å². The molecule has 0 amide bonds. The standard InChI is InChI=1S/C12H13BrN2S/c1-9-8-15(4-5-16-9)12-3-2-11(13)6-10(12)7-14/h2-3,6,9H,4-5,8H2,1H3. The van der Waals surface area contributed by atoms with Gasteiger partial charge in [-0.25, -0.2) is 0 Å². The molecule has 1 aromatic carbocycles. The summed E-state index contributed by atoms with van der Waals surface area (Å²) >= 11 is 5.40. The largest absolute Gasteiger partial charge is 0.369 e. The first-order valence-corrected chi connectivity index (χ1v) is 7.11. The Hall–Kier alpha value is -0.660. The van der Waals surface area contributed by atoms with E-state index in [-0.39, 0.29) is 0 Å². The summed E-state index contributed by atoms with van der Waals surface area (Å²) in [5.74, 6) is 1.14. The Morgan fingerprint density at radius 2 is 2.38 bits per heavy atom. The fourth-order valence-corrected chi connectivity index (χ4v) is 3.29. The summed E-state index contributed by atoms with van der Waals surface area (Å²) < 4.78 is 0.965. The van der Waals surface area contributed by atoms with E-state index in [0.29, 0.717) is 5.25 Å². The summed E-state index contributed by atoms with van der Waals surface area (Å²) in [7, 11) is 0. The SMILES string of the molecule is CC1CN(c2ccc(Br)cc2C#N)CCS1. The molecule has 1 heterocycles. The summed E-state index contributed by atoms with van der Waals surface area (Å²) in [6.07, 6.45) is 0. The topological polar surface area (TPSA) is 27.0 Å². The Morgan fingerprint density at radius 3 is 3.06 bits per heavy atom. The van der Waals surface area contributed by atoms with Crippen LogP contribution in [-0.2, 0) is 0 Å². The number of thioether (sulfide) groups is 1. The van der Waals surface area contributed by atoms with E-state index in [1.807, 2.05) is 30.0 Å². The highest BCUT2D eigenvalue weighted by Crippen LogP contribution is 2.28. The molecule has 1 aliphatic rings. The van der Waals surface area contributed by atoms with Crippen molar-refractivity contribution in [2.45, 2.75) is 12.2 Å². The van der Waals surface area contributed by atoms with Crippen LogP contribution in [0.15, 0.2) is 22.7 Å². The third kappa shape index (κ3) is 2.53. The molecule has 1 saturated heterocycles. The zero-order chi connectivity index (χ0) is 11.5. The third-order valence-corrected chi connectivity index (χ3v) is 4.29. The van der Waals surface area contributed by atoms with Gasteiger partial charge in [0.2, 0.25) is 0 Å². The predicted octanol–water partition coefficient (Wildman–Crippen LogP) is 3.26. The zero-order valence-corrected chi connectivity index (χ0v) is 11.5. The molecule has 0 N–H and O–H groups in total. The second-order valence-electron chi connectivity index (χ2n) is 3.90. The number of rotatable bonds is 1. The molecule has 1 aromatic rings. The van der Waals surface area contributed by atoms with Crippen molar-refractivity contribution in [3.63, 3.8) is 0 Å². The first kappa shape index (κ1) is 11.8. The minimum Gasteiger partial charge on any atom is -0.369 e. The van der Waals surface area contributed by atoms with Crippen LogP contribution in [0, 0.1) is 11.3 Å². The Bertz CT molecular complexity index is 428. The van der Waals surface area contributed by atoms with Crippen molar-refractivity contribution < 1.29 is 0 Å². The minimum atomic E-state index is 0.643. The van der Waals surface area contributed by atoms with Crippen LogP contribution >= 0.6 is 27.7 Å². The minimum absolute atomic E-state index is 0.643. The molecule has 1 fully saturated rings. The van der Waals surface area contributed by atoms with Gasteiger partial charge in [-0.05, 0) is 18.2 Å². The van der Waals surface area contributed by atoms with Crippen molar-refractivity contribution in [1.82, 2.24) is 0 Å². The van der Waals surface area contributed by atoms with E-state index in [9.17, 15) is 0 Å². The van der Waals surface area contributed by atoms with Gasteiger partial charge in [-0.2, -0.15) is 17.0 Å². The number of hydrogen-bond donors (Lipinski definition) is 0. The van der Waals surface area contributed by atoms with Gasteiger partial charge in [-0.3, -0.25) is 0 Å². The van der Waals surface area contributed by atoms with Crippen LogP contribution < -0.4 is 4.90 Å². The normalized spacial score (nSPS) is 20.6. The summed E-state index contributed by atoms with van der Waals surface area (Å²) in [5, 5.41) is 9.78. The summed E-state index contributed by atoms with van der Waals surface area (Å²) in [5.41, 5.74) is 1.83. The van der Waals surface area contributed by atoms with Crippen LogP contribution in [0.3, 0.4) is 0 Å². The lowest BCUT2D eigenvalue weighted by atomic mass is 10.1. The molecular formula is C12H13BrN2S. The average Bonchev–Trinajstić information content (AvgIpc) is 2.28. The molecule has 0 spiro atoms. The number of hydrogen-bond acceptors (Lipinski definition) is 3. The lowest BCUT2D eigenvalue weighted by Crippen LogP contribution is -2.37. The van der Waals surface area contributed by atoms with Crippen molar-refractivity contribution in [3.05, 3.63) is 28.2 Å². The van der Waals surface area contributed by atoms with Gasteiger partial charge in [0.25, 0.3) is 0 Å². The fourth-order valence-electron chi connectivity index (χ4n) is 1.91. The Kier molecular flexibility index (Phi) is 3.78. The van der Waals surface area contributed by atoms with Gasteiger partial charge < -0.3 is 4.90 Å². The highest BCUT2D eigenvalue weighted by Gasteiger charge is 2.19. The molecule has 2 rings (SSSR count). The Morgan fingerprint density at radius 1 is 1.56 bits per heavy atom. The smallest absolute Gasteiger partial charge is 0.101 e. The monoisotopic (exact) mass is 296 g/mol. The first-order valence-electron chi connectivity index (χ1n) is 5.27. The fraction of sp³-hybridized carbons (Fsp3) is 0.417. The lowest BCUT2D eigenvalue weighted by Gasteiger charge is -2.33. The lowest BCUT2D eigenvalue weighted by molar-refractivity contribution is 0.782. The molecule has 16 heavy (non-hydrogen) atoms. The van der Waals surface area contributed by atoms with Gasteiger partial charge in [-0.15, -0.1) is 0 Å².